The minimum atomic E-state index is -0.807. The number of aliphatic hydroxyl groups is 1. The quantitative estimate of drug-likeness (QED) is 0.203. The van der Waals surface area contributed by atoms with Crippen molar-refractivity contribution in [1.82, 2.24) is 4.98 Å². The predicted octanol–water partition coefficient (Wildman–Crippen LogP) is 6.50. The van der Waals surface area contributed by atoms with E-state index in [1.54, 1.807) is 24.3 Å². The Kier molecular flexibility index (Phi) is 5.50. The van der Waals surface area contributed by atoms with Crippen LogP contribution in [0.25, 0.3) is 16.0 Å². The highest BCUT2D eigenvalue weighted by atomic mass is 35.5. The Bertz CT molecular complexity index is 1490. The molecule has 1 fully saturated rings. The van der Waals surface area contributed by atoms with E-state index in [-0.39, 0.29) is 11.3 Å². The molecule has 3 aromatic carbocycles. The van der Waals surface area contributed by atoms with Gasteiger partial charge in [-0.2, -0.15) is 0 Å². The number of rotatable bonds is 3. The van der Waals surface area contributed by atoms with Crippen LogP contribution in [-0.2, 0) is 9.59 Å². The maximum absolute atomic E-state index is 13.4. The van der Waals surface area contributed by atoms with E-state index in [9.17, 15) is 14.7 Å². The van der Waals surface area contributed by atoms with Gasteiger partial charge in [-0.1, -0.05) is 58.8 Å². The van der Waals surface area contributed by atoms with Crippen molar-refractivity contribution in [2.24, 2.45) is 0 Å². The van der Waals surface area contributed by atoms with Gasteiger partial charge in [0.1, 0.15) is 5.76 Å². The largest absolute Gasteiger partial charge is 0.507 e. The van der Waals surface area contributed by atoms with Crippen LogP contribution in [0, 0.1) is 20.8 Å². The summed E-state index contributed by atoms with van der Waals surface area (Å²) in [5, 5.41) is 12.1. The molecule has 7 heteroatoms. The molecule has 0 unspecified atom stereocenters. The molecule has 170 valence electrons. The number of benzene rings is 3. The van der Waals surface area contributed by atoms with Gasteiger partial charge in [-0.05, 0) is 67.8 Å². The molecule has 0 radical (unpaired) electrons. The van der Waals surface area contributed by atoms with Crippen molar-refractivity contribution in [3.8, 4) is 0 Å². The zero-order valence-corrected chi connectivity index (χ0v) is 20.4. The molecule has 0 saturated carbocycles. The van der Waals surface area contributed by atoms with Gasteiger partial charge in [-0.15, -0.1) is 0 Å². The van der Waals surface area contributed by atoms with E-state index in [2.05, 4.69) is 0 Å². The summed E-state index contributed by atoms with van der Waals surface area (Å²) in [6.07, 6.45) is 0. The van der Waals surface area contributed by atoms with Crippen molar-refractivity contribution < 1.29 is 14.7 Å². The van der Waals surface area contributed by atoms with Gasteiger partial charge in [-0.25, -0.2) is 4.98 Å². The number of ketones is 1. The van der Waals surface area contributed by atoms with Crippen LogP contribution in [0.15, 0.2) is 66.2 Å². The van der Waals surface area contributed by atoms with Crippen molar-refractivity contribution in [3.05, 3.63) is 99.1 Å². The van der Waals surface area contributed by atoms with Crippen LogP contribution in [0.2, 0.25) is 5.02 Å². The summed E-state index contributed by atoms with van der Waals surface area (Å²) in [4.78, 5) is 32.8. The Morgan fingerprint density at radius 1 is 0.971 bits per heavy atom. The number of nitrogens with zero attached hydrogens (tertiary/aromatic N) is 2. The number of thiazole rings is 1. The second-order valence-corrected chi connectivity index (χ2v) is 9.96. The van der Waals surface area contributed by atoms with Gasteiger partial charge in [0.25, 0.3) is 5.78 Å². The summed E-state index contributed by atoms with van der Waals surface area (Å²) in [5.41, 5.74) is 5.10. The standard InChI is InChI=1S/C27H21ClN2O3S/c1-14-4-6-17(7-5-14)23-21(24(31)18-8-10-19(28)11-9-18)25(32)26(33)30(23)27-29-22-16(3)12-15(2)13-20(22)34-27/h4-13,23,31H,1-3H3/b24-21+/t23-/m0/s1. The number of hydrogen-bond acceptors (Lipinski definition) is 5. The van der Waals surface area contributed by atoms with Crippen molar-refractivity contribution in [2.75, 3.05) is 4.90 Å². The zero-order chi connectivity index (χ0) is 24.1. The van der Waals surface area contributed by atoms with Crippen molar-refractivity contribution in [1.29, 1.82) is 0 Å². The highest BCUT2D eigenvalue weighted by Crippen LogP contribution is 2.44. The minimum Gasteiger partial charge on any atom is -0.507 e. The lowest BCUT2D eigenvalue weighted by atomic mass is 9.95. The maximum Gasteiger partial charge on any atom is 0.301 e. The van der Waals surface area contributed by atoms with Gasteiger partial charge in [-0.3, -0.25) is 14.5 Å². The number of anilines is 1. The normalized spacial score (nSPS) is 17.6. The van der Waals surface area contributed by atoms with E-state index >= 15 is 0 Å². The highest BCUT2D eigenvalue weighted by molar-refractivity contribution is 7.22. The van der Waals surface area contributed by atoms with Gasteiger partial charge in [0, 0.05) is 10.6 Å². The Morgan fingerprint density at radius 3 is 2.32 bits per heavy atom. The monoisotopic (exact) mass is 488 g/mol. The van der Waals surface area contributed by atoms with Gasteiger partial charge in [0.05, 0.1) is 21.8 Å². The van der Waals surface area contributed by atoms with Gasteiger partial charge in [0.2, 0.25) is 0 Å². The maximum atomic E-state index is 13.4. The molecule has 1 aromatic heterocycles. The summed E-state index contributed by atoms with van der Waals surface area (Å²) in [7, 11) is 0. The third-order valence-corrected chi connectivity index (χ3v) is 7.23. The van der Waals surface area contributed by atoms with Crippen LogP contribution in [0.3, 0.4) is 0 Å². The van der Waals surface area contributed by atoms with Crippen LogP contribution in [0.1, 0.15) is 33.9 Å². The SMILES string of the molecule is Cc1ccc([C@H]2/C(=C(\O)c3ccc(Cl)cc3)C(=O)C(=O)N2c2nc3c(C)cc(C)cc3s2)cc1. The predicted molar refractivity (Wildman–Crippen MR) is 137 cm³/mol. The van der Waals surface area contributed by atoms with Crippen molar-refractivity contribution in [3.63, 3.8) is 0 Å². The molecule has 4 aromatic rings. The summed E-state index contributed by atoms with van der Waals surface area (Å²) in [5.74, 6) is -1.70. The molecule has 0 aliphatic carbocycles. The average Bonchev–Trinajstić information content (AvgIpc) is 3.33. The molecular weight excluding hydrogens is 468 g/mol. The van der Waals surface area contributed by atoms with Crippen LogP contribution in [0.5, 0.6) is 0 Å². The number of carbonyl (C=O) groups excluding carboxylic acids is 2. The van der Waals surface area contributed by atoms with Crippen molar-refractivity contribution in [2.45, 2.75) is 26.8 Å². The Hall–Kier alpha value is -3.48. The number of hydrogen-bond donors (Lipinski definition) is 1. The molecule has 1 atom stereocenters. The van der Waals surface area contributed by atoms with Gasteiger partial charge < -0.3 is 5.11 Å². The van der Waals surface area contributed by atoms with E-state index < -0.39 is 17.7 Å². The number of amides is 1. The minimum absolute atomic E-state index is 0.0309. The van der Waals surface area contributed by atoms with E-state index in [1.165, 1.54) is 16.2 Å². The fourth-order valence-electron chi connectivity index (χ4n) is 4.32. The topological polar surface area (TPSA) is 70.5 Å². The van der Waals surface area contributed by atoms with E-state index in [1.807, 2.05) is 57.2 Å². The third-order valence-electron chi connectivity index (χ3n) is 5.98. The molecule has 5 nitrogen and oxygen atoms in total. The molecule has 1 aliphatic rings. The second kappa shape index (κ2) is 8.38. The van der Waals surface area contributed by atoms with E-state index in [4.69, 9.17) is 16.6 Å². The number of aryl methyl sites for hydroxylation is 3. The fraction of sp³-hybridized carbons (Fsp3) is 0.148. The number of carbonyl (C=O) groups is 2. The molecule has 34 heavy (non-hydrogen) atoms. The van der Waals surface area contributed by atoms with Gasteiger partial charge >= 0.3 is 5.91 Å². The lowest BCUT2D eigenvalue weighted by molar-refractivity contribution is -0.132. The van der Waals surface area contributed by atoms with E-state index in [0.717, 1.165) is 26.9 Å². The smallest absolute Gasteiger partial charge is 0.301 e. The lowest BCUT2D eigenvalue weighted by Gasteiger charge is -2.23. The lowest BCUT2D eigenvalue weighted by Crippen LogP contribution is -2.29. The summed E-state index contributed by atoms with van der Waals surface area (Å²) >= 11 is 7.36. The first kappa shape index (κ1) is 22.3. The summed E-state index contributed by atoms with van der Waals surface area (Å²) < 4.78 is 0.940. The summed E-state index contributed by atoms with van der Waals surface area (Å²) in [6.45, 7) is 5.95. The Morgan fingerprint density at radius 2 is 1.65 bits per heavy atom. The first-order valence-corrected chi connectivity index (χ1v) is 12.0. The molecule has 0 bridgehead atoms. The first-order chi connectivity index (χ1) is 16.2. The van der Waals surface area contributed by atoms with Crippen molar-refractivity contribution >= 4 is 55.7 Å². The fourth-order valence-corrected chi connectivity index (χ4v) is 5.61. The number of Topliss-reactive ketones (excluding diaryl/α,β-unsaturated/α-hetero) is 1. The van der Waals surface area contributed by atoms with E-state index in [0.29, 0.717) is 21.3 Å². The first-order valence-electron chi connectivity index (χ1n) is 10.8. The number of halogens is 1. The molecule has 1 N–H and O–H groups in total. The Labute approximate surface area is 205 Å². The second-order valence-electron chi connectivity index (χ2n) is 8.51. The van der Waals surface area contributed by atoms with Crippen LogP contribution in [0.4, 0.5) is 5.13 Å². The Balaban J connectivity index is 1.74. The summed E-state index contributed by atoms with van der Waals surface area (Å²) in [6, 6.07) is 17.4. The van der Waals surface area contributed by atoms with Gasteiger partial charge in [0.15, 0.2) is 5.13 Å². The number of aliphatic hydroxyl groups excluding tert-OH is 1. The molecule has 0 spiro atoms. The highest BCUT2D eigenvalue weighted by Gasteiger charge is 2.48. The molecule has 1 saturated heterocycles. The molecule has 1 aliphatic heterocycles. The molecule has 2 heterocycles. The molecule has 5 rings (SSSR count). The number of aromatic nitrogens is 1. The van der Waals surface area contributed by atoms with Crippen LogP contribution < -0.4 is 4.90 Å². The third kappa shape index (κ3) is 3.69. The molecular formula is C27H21ClN2O3S. The average molecular weight is 489 g/mol. The number of fused-ring (bicyclic) bond motifs is 1. The van der Waals surface area contributed by atoms with Crippen LogP contribution in [-0.4, -0.2) is 21.8 Å². The van der Waals surface area contributed by atoms with Crippen LogP contribution >= 0.6 is 22.9 Å². The zero-order valence-electron chi connectivity index (χ0n) is 18.8. The molecule has 1 amide bonds.